The van der Waals surface area contributed by atoms with Crippen LogP contribution in [0.25, 0.3) is 0 Å². The number of rotatable bonds is 48. The molecule has 0 heterocycles. The monoisotopic (exact) mass is 865 g/mol. The van der Waals surface area contributed by atoms with Crippen LogP contribution in [-0.4, -0.2) is 37.9 Å². The fourth-order valence-corrected chi connectivity index (χ4v) is 7.25. The molecule has 62 heavy (non-hydrogen) atoms. The Morgan fingerprint density at radius 1 is 0.371 bits per heavy atom. The summed E-state index contributed by atoms with van der Waals surface area (Å²) in [5, 5.41) is 0. The van der Waals surface area contributed by atoms with Crippen molar-refractivity contribution < 1.29 is 23.8 Å². The van der Waals surface area contributed by atoms with Crippen LogP contribution in [0, 0.1) is 0 Å². The number of hydrogen-bond donors (Lipinski definition) is 0. The third kappa shape index (κ3) is 50.0. The Morgan fingerprint density at radius 2 is 0.726 bits per heavy atom. The Bertz CT molecular complexity index is 1110. The SMILES string of the molecule is CC/C=C\C/C=C\C/C=C\CCCCCCCC(=O)OCC(COCCCCCCCC/C=C\CCCCCCCC)OC(=O)CCCCCCC/C=C\C/C=C\CCCCC. The van der Waals surface area contributed by atoms with Gasteiger partial charge in [-0.15, -0.1) is 0 Å². The zero-order valence-corrected chi connectivity index (χ0v) is 41.1. The van der Waals surface area contributed by atoms with E-state index in [0.29, 0.717) is 19.4 Å². The summed E-state index contributed by atoms with van der Waals surface area (Å²) in [4.78, 5) is 25.4. The highest BCUT2D eigenvalue weighted by Crippen LogP contribution is 2.13. The lowest BCUT2D eigenvalue weighted by atomic mass is 10.1. The molecule has 0 N–H and O–H groups in total. The largest absolute Gasteiger partial charge is 0.462 e. The first-order valence-corrected chi connectivity index (χ1v) is 26.5. The molecule has 5 heteroatoms. The second kappa shape index (κ2) is 52.7. The highest BCUT2D eigenvalue weighted by Gasteiger charge is 2.17. The van der Waals surface area contributed by atoms with Crippen LogP contribution in [0.2, 0.25) is 0 Å². The molecule has 0 aromatic carbocycles. The van der Waals surface area contributed by atoms with Gasteiger partial charge in [-0.25, -0.2) is 0 Å². The zero-order chi connectivity index (χ0) is 44.9. The number of carbonyl (C=O) groups is 2. The summed E-state index contributed by atoms with van der Waals surface area (Å²) in [6.45, 7) is 7.65. The molecule has 0 radical (unpaired) electrons. The van der Waals surface area contributed by atoms with Crippen LogP contribution in [0.5, 0.6) is 0 Å². The molecule has 0 aliphatic carbocycles. The van der Waals surface area contributed by atoms with Gasteiger partial charge in [0.05, 0.1) is 6.61 Å². The predicted octanol–water partition coefficient (Wildman–Crippen LogP) is 17.9. The van der Waals surface area contributed by atoms with E-state index in [1.165, 1.54) is 128 Å². The third-order valence-electron chi connectivity index (χ3n) is 11.2. The topological polar surface area (TPSA) is 61.8 Å². The van der Waals surface area contributed by atoms with Gasteiger partial charge in [0, 0.05) is 19.4 Å². The van der Waals surface area contributed by atoms with Gasteiger partial charge in [-0.1, -0.05) is 203 Å². The van der Waals surface area contributed by atoms with Gasteiger partial charge in [0.2, 0.25) is 0 Å². The van der Waals surface area contributed by atoms with E-state index >= 15 is 0 Å². The number of allylic oxidation sites excluding steroid dienone is 12. The lowest BCUT2D eigenvalue weighted by Gasteiger charge is -2.18. The van der Waals surface area contributed by atoms with Gasteiger partial charge in [-0.3, -0.25) is 9.59 Å². The Hall–Kier alpha value is -2.66. The molecule has 0 bridgehead atoms. The molecule has 0 spiro atoms. The van der Waals surface area contributed by atoms with Crippen molar-refractivity contribution in [1.29, 1.82) is 0 Å². The van der Waals surface area contributed by atoms with Crippen LogP contribution < -0.4 is 0 Å². The van der Waals surface area contributed by atoms with E-state index in [0.717, 1.165) is 89.9 Å². The lowest BCUT2D eigenvalue weighted by Crippen LogP contribution is -2.30. The first kappa shape index (κ1) is 59.3. The number of esters is 2. The van der Waals surface area contributed by atoms with Crippen LogP contribution in [0.15, 0.2) is 72.9 Å². The number of unbranched alkanes of at least 4 members (excludes halogenated alkanes) is 25. The number of ether oxygens (including phenoxy) is 3. The van der Waals surface area contributed by atoms with E-state index in [9.17, 15) is 9.59 Å². The lowest BCUT2D eigenvalue weighted by molar-refractivity contribution is -0.163. The Labute approximate surface area is 385 Å². The molecule has 0 aliphatic rings. The summed E-state index contributed by atoms with van der Waals surface area (Å²) in [5.41, 5.74) is 0. The maximum absolute atomic E-state index is 12.8. The van der Waals surface area contributed by atoms with Crippen molar-refractivity contribution in [3.05, 3.63) is 72.9 Å². The van der Waals surface area contributed by atoms with Crippen molar-refractivity contribution in [2.24, 2.45) is 0 Å². The molecule has 0 rings (SSSR count). The van der Waals surface area contributed by atoms with Crippen molar-refractivity contribution in [1.82, 2.24) is 0 Å². The van der Waals surface area contributed by atoms with Crippen molar-refractivity contribution in [2.75, 3.05) is 19.8 Å². The smallest absolute Gasteiger partial charge is 0.306 e. The normalized spacial score (nSPS) is 12.8. The minimum Gasteiger partial charge on any atom is -0.462 e. The quantitative estimate of drug-likeness (QED) is 0.0346. The third-order valence-corrected chi connectivity index (χ3v) is 11.2. The molecular weight excluding hydrogens is 765 g/mol. The van der Waals surface area contributed by atoms with E-state index in [1.807, 2.05) is 0 Å². The van der Waals surface area contributed by atoms with E-state index < -0.39 is 6.10 Å². The molecule has 0 aliphatic heterocycles. The van der Waals surface area contributed by atoms with Gasteiger partial charge in [-0.2, -0.15) is 0 Å². The molecular formula is C57H100O5. The summed E-state index contributed by atoms with van der Waals surface area (Å²) in [6.07, 6.45) is 67.6. The molecule has 0 amide bonds. The van der Waals surface area contributed by atoms with Crippen LogP contribution in [-0.2, 0) is 23.8 Å². The van der Waals surface area contributed by atoms with E-state index in [4.69, 9.17) is 14.2 Å². The standard InChI is InChI=1S/C57H100O5/c1-4-7-10-13-16-19-22-25-28-31-34-37-40-43-46-49-52-60-53-55(62-57(59)51-48-45-42-39-36-33-30-27-24-21-18-15-12-9-6-3)54-61-56(58)50-47-44-41-38-35-32-29-26-23-20-17-14-11-8-5-2/h8,11,17-18,20-21,25-30,55H,4-7,9-10,12-16,19,22-24,31-54H2,1-3H3/b11-8-,20-17-,21-18-,28-25-,29-26-,30-27-. The molecule has 358 valence electrons. The van der Waals surface area contributed by atoms with E-state index in [1.54, 1.807) is 0 Å². The van der Waals surface area contributed by atoms with Crippen LogP contribution in [0.4, 0.5) is 0 Å². The highest BCUT2D eigenvalue weighted by atomic mass is 16.6. The zero-order valence-electron chi connectivity index (χ0n) is 41.1. The van der Waals surface area contributed by atoms with Crippen molar-refractivity contribution in [3.8, 4) is 0 Å². The molecule has 1 atom stereocenters. The minimum atomic E-state index is -0.556. The molecule has 1 unspecified atom stereocenters. The molecule has 0 saturated heterocycles. The van der Waals surface area contributed by atoms with Crippen LogP contribution >= 0.6 is 0 Å². The van der Waals surface area contributed by atoms with Crippen molar-refractivity contribution in [3.63, 3.8) is 0 Å². The summed E-state index contributed by atoms with van der Waals surface area (Å²) >= 11 is 0. The van der Waals surface area contributed by atoms with Crippen molar-refractivity contribution in [2.45, 2.75) is 258 Å². The highest BCUT2D eigenvalue weighted by molar-refractivity contribution is 5.70. The minimum absolute atomic E-state index is 0.0666. The molecule has 0 aromatic heterocycles. The summed E-state index contributed by atoms with van der Waals surface area (Å²) in [7, 11) is 0. The van der Waals surface area contributed by atoms with Gasteiger partial charge in [-0.05, 0) is 109 Å². The molecule has 0 aromatic rings. The summed E-state index contributed by atoms with van der Waals surface area (Å²) in [6, 6.07) is 0. The van der Waals surface area contributed by atoms with Gasteiger partial charge in [0.1, 0.15) is 6.61 Å². The molecule has 0 saturated carbocycles. The van der Waals surface area contributed by atoms with Gasteiger partial charge in [0.15, 0.2) is 6.10 Å². The van der Waals surface area contributed by atoms with Gasteiger partial charge < -0.3 is 14.2 Å². The predicted molar refractivity (Wildman–Crippen MR) is 270 cm³/mol. The maximum Gasteiger partial charge on any atom is 0.306 e. The summed E-state index contributed by atoms with van der Waals surface area (Å²) < 4.78 is 17.4. The van der Waals surface area contributed by atoms with E-state index in [2.05, 4.69) is 93.7 Å². The van der Waals surface area contributed by atoms with Gasteiger partial charge >= 0.3 is 11.9 Å². The first-order valence-electron chi connectivity index (χ1n) is 26.5. The number of carbonyl (C=O) groups excluding carboxylic acids is 2. The molecule has 0 fully saturated rings. The maximum atomic E-state index is 12.8. The average molecular weight is 865 g/mol. The second-order valence-corrected chi connectivity index (χ2v) is 17.4. The Kier molecular flexibility index (Phi) is 50.4. The Balaban J connectivity index is 4.33. The van der Waals surface area contributed by atoms with E-state index in [-0.39, 0.29) is 25.2 Å². The summed E-state index contributed by atoms with van der Waals surface area (Å²) in [5.74, 6) is -0.432. The van der Waals surface area contributed by atoms with Crippen LogP contribution in [0.1, 0.15) is 252 Å². The molecule has 5 nitrogen and oxygen atoms in total. The van der Waals surface area contributed by atoms with Crippen LogP contribution in [0.3, 0.4) is 0 Å². The fraction of sp³-hybridized carbons (Fsp3) is 0.754. The second-order valence-electron chi connectivity index (χ2n) is 17.4. The number of hydrogen-bond acceptors (Lipinski definition) is 5. The van der Waals surface area contributed by atoms with Crippen molar-refractivity contribution >= 4 is 11.9 Å². The fourth-order valence-electron chi connectivity index (χ4n) is 7.25. The first-order chi connectivity index (χ1) is 30.6. The Morgan fingerprint density at radius 3 is 1.21 bits per heavy atom. The average Bonchev–Trinajstić information content (AvgIpc) is 3.27. The van der Waals surface area contributed by atoms with Gasteiger partial charge in [0.25, 0.3) is 0 Å².